The molecule has 1 aromatic carbocycles. The van der Waals surface area contributed by atoms with Crippen molar-refractivity contribution < 1.29 is 44.6 Å². The van der Waals surface area contributed by atoms with Crippen LogP contribution < -0.4 is 34.7 Å². The van der Waals surface area contributed by atoms with E-state index in [1.807, 2.05) is 24.3 Å². The summed E-state index contributed by atoms with van der Waals surface area (Å²) in [4.78, 5) is 10.6. The summed E-state index contributed by atoms with van der Waals surface area (Å²) in [5, 5.41) is 20.8. The van der Waals surface area contributed by atoms with E-state index in [9.17, 15) is 15.0 Å². The van der Waals surface area contributed by atoms with Crippen molar-refractivity contribution >= 4 is 5.97 Å². The molecule has 1 aromatic rings. The maximum Gasteiger partial charge on any atom is 1.00 e. The first-order chi connectivity index (χ1) is 7.68. The predicted molar refractivity (Wildman–Crippen MR) is 57.5 cm³/mol. The van der Waals surface area contributed by atoms with Crippen LogP contribution in [0.15, 0.2) is 24.3 Å². The Morgan fingerprint density at radius 2 is 2.12 bits per heavy atom. The average molecular weight is 242 g/mol. The van der Waals surface area contributed by atoms with E-state index < -0.39 is 12.1 Å². The molecule has 17 heavy (non-hydrogen) atoms. The fraction of sp³-hybridized carbons (Fsp3) is 0.462. The number of carboxylic acid groups (broad SMARTS) is 1. The zero-order valence-corrected chi connectivity index (χ0v) is 12.1. The SMILES string of the molecule is O=C([O-])C[C@@H]1CCCc2ccccc2[C@H]1O.[Na+]. The number of hydrogen-bond donors (Lipinski definition) is 1. The van der Waals surface area contributed by atoms with Gasteiger partial charge in [-0.05, 0) is 42.7 Å². The van der Waals surface area contributed by atoms with Crippen molar-refractivity contribution in [1.29, 1.82) is 0 Å². The maximum atomic E-state index is 10.6. The summed E-state index contributed by atoms with van der Waals surface area (Å²) in [5.41, 5.74) is 2.02. The molecule has 0 bridgehead atoms. The third-order valence-electron chi connectivity index (χ3n) is 3.27. The van der Waals surface area contributed by atoms with E-state index in [2.05, 4.69) is 0 Å². The third kappa shape index (κ3) is 3.55. The zero-order chi connectivity index (χ0) is 11.5. The molecule has 0 aliphatic heterocycles. The Balaban J connectivity index is 0.00000144. The second-order valence-corrected chi connectivity index (χ2v) is 4.37. The minimum Gasteiger partial charge on any atom is -0.550 e. The minimum atomic E-state index is -1.08. The van der Waals surface area contributed by atoms with E-state index >= 15 is 0 Å². The van der Waals surface area contributed by atoms with Gasteiger partial charge in [-0.2, -0.15) is 0 Å². The zero-order valence-electron chi connectivity index (χ0n) is 10.1. The molecule has 0 amide bonds. The fourth-order valence-corrected chi connectivity index (χ4v) is 2.44. The van der Waals surface area contributed by atoms with Crippen LogP contribution in [0.5, 0.6) is 0 Å². The van der Waals surface area contributed by atoms with Crippen LogP contribution in [-0.4, -0.2) is 11.1 Å². The van der Waals surface area contributed by atoms with Gasteiger partial charge in [0.05, 0.1) is 6.10 Å². The van der Waals surface area contributed by atoms with Gasteiger partial charge >= 0.3 is 29.6 Å². The van der Waals surface area contributed by atoms with Crippen molar-refractivity contribution in [2.75, 3.05) is 0 Å². The van der Waals surface area contributed by atoms with Crippen molar-refractivity contribution in [2.45, 2.75) is 31.8 Å². The smallest absolute Gasteiger partial charge is 0.550 e. The molecule has 0 aromatic heterocycles. The second kappa shape index (κ2) is 6.55. The molecule has 2 rings (SSSR count). The Hall–Kier alpha value is -0.350. The molecule has 1 aliphatic rings. The largest absolute Gasteiger partial charge is 1.00 e. The van der Waals surface area contributed by atoms with E-state index in [1.54, 1.807) is 0 Å². The van der Waals surface area contributed by atoms with Crippen molar-refractivity contribution in [2.24, 2.45) is 5.92 Å². The molecular weight excluding hydrogens is 227 g/mol. The maximum absolute atomic E-state index is 10.6. The number of hydrogen-bond acceptors (Lipinski definition) is 3. The van der Waals surface area contributed by atoms with Gasteiger partial charge in [-0.1, -0.05) is 24.3 Å². The molecule has 1 aliphatic carbocycles. The van der Waals surface area contributed by atoms with Gasteiger partial charge < -0.3 is 15.0 Å². The first kappa shape index (κ1) is 14.7. The summed E-state index contributed by atoms with van der Waals surface area (Å²) in [6.45, 7) is 0. The first-order valence-corrected chi connectivity index (χ1v) is 5.64. The van der Waals surface area contributed by atoms with Crippen molar-refractivity contribution in [3.63, 3.8) is 0 Å². The summed E-state index contributed by atoms with van der Waals surface area (Å²) in [7, 11) is 0. The van der Waals surface area contributed by atoms with E-state index in [1.165, 1.54) is 0 Å². The Labute approximate surface area is 123 Å². The quantitative estimate of drug-likeness (QED) is 0.474. The standard InChI is InChI=1S/C13H16O3.Na/c14-12(15)8-10-6-3-5-9-4-1-2-7-11(9)13(10)16;/h1-2,4,7,10,13,16H,3,5-6,8H2,(H,14,15);/q;+1/p-1/t10-,13-;/m0./s1. The Morgan fingerprint density at radius 3 is 2.82 bits per heavy atom. The summed E-state index contributed by atoms with van der Waals surface area (Å²) in [5.74, 6) is -1.29. The summed E-state index contributed by atoms with van der Waals surface area (Å²) < 4.78 is 0. The van der Waals surface area contributed by atoms with Crippen molar-refractivity contribution in [3.8, 4) is 0 Å². The van der Waals surface area contributed by atoms with E-state index in [0.717, 1.165) is 30.4 Å². The molecule has 0 spiro atoms. The van der Waals surface area contributed by atoms with E-state index in [-0.39, 0.29) is 41.9 Å². The third-order valence-corrected chi connectivity index (χ3v) is 3.27. The molecule has 3 nitrogen and oxygen atoms in total. The Kier molecular flexibility index (Phi) is 5.67. The van der Waals surface area contributed by atoms with Crippen molar-refractivity contribution in [3.05, 3.63) is 35.4 Å². The van der Waals surface area contributed by atoms with Crippen LogP contribution in [0.4, 0.5) is 0 Å². The normalized spacial score (nSPS) is 23.1. The number of aliphatic hydroxyl groups is 1. The molecule has 1 N–H and O–H groups in total. The van der Waals surface area contributed by atoms with Gasteiger partial charge in [0.2, 0.25) is 0 Å². The van der Waals surface area contributed by atoms with Gasteiger partial charge in [0, 0.05) is 5.97 Å². The van der Waals surface area contributed by atoms with Gasteiger partial charge in [0.15, 0.2) is 0 Å². The molecule has 0 radical (unpaired) electrons. The molecular formula is C13H15NaO3. The van der Waals surface area contributed by atoms with Crippen LogP contribution >= 0.6 is 0 Å². The first-order valence-electron chi connectivity index (χ1n) is 5.64. The van der Waals surface area contributed by atoms with Crippen molar-refractivity contribution in [1.82, 2.24) is 0 Å². The number of benzene rings is 1. The molecule has 0 heterocycles. The Bertz CT molecular complexity index is 392. The molecule has 0 fully saturated rings. The second-order valence-electron chi connectivity index (χ2n) is 4.37. The van der Waals surface area contributed by atoms with Crippen LogP contribution in [0.2, 0.25) is 0 Å². The summed E-state index contributed by atoms with van der Waals surface area (Å²) in [6.07, 6.45) is 1.85. The van der Waals surface area contributed by atoms with Crippen LogP contribution in [-0.2, 0) is 11.2 Å². The van der Waals surface area contributed by atoms with Crippen LogP contribution in [0.3, 0.4) is 0 Å². The Morgan fingerprint density at radius 1 is 1.41 bits per heavy atom. The average Bonchev–Trinajstić information content (AvgIpc) is 2.40. The van der Waals surface area contributed by atoms with Gasteiger partial charge in [-0.25, -0.2) is 0 Å². The molecule has 2 atom stereocenters. The van der Waals surface area contributed by atoms with E-state index in [4.69, 9.17) is 0 Å². The number of carbonyl (C=O) groups excluding carboxylic acids is 1. The number of aliphatic carboxylic acids is 1. The number of fused-ring (bicyclic) bond motifs is 1. The number of rotatable bonds is 2. The molecule has 0 unspecified atom stereocenters. The summed E-state index contributed by atoms with van der Waals surface area (Å²) >= 11 is 0. The summed E-state index contributed by atoms with van der Waals surface area (Å²) in [6, 6.07) is 7.71. The fourth-order valence-electron chi connectivity index (χ4n) is 2.44. The molecule has 0 saturated carbocycles. The molecule has 86 valence electrons. The number of aryl methyl sites for hydroxylation is 1. The van der Waals surface area contributed by atoms with Gasteiger partial charge in [0.25, 0.3) is 0 Å². The van der Waals surface area contributed by atoms with Gasteiger partial charge in [0.1, 0.15) is 0 Å². The van der Waals surface area contributed by atoms with Gasteiger partial charge in [-0.15, -0.1) is 0 Å². The number of carbonyl (C=O) groups is 1. The topological polar surface area (TPSA) is 60.4 Å². The minimum absolute atomic E-state index is 0. The van der Waals surface area contributed by atoms with Crippen LogP contribution in [0.1, 0.15) is 36.5 Å². The molecule has 4 heteroatoms. The van der Waals surface area contributed by atoms with Crippen LogP contribution in [0.25, 0.3) is 0 Å². The van der Waals surface area contributed by atoms with Crippen LogP contribution in [0, 0.1) is 5.92 Å². The van der Waals surface area contributed by atoms with E-state index in [0.29, 0.717) is 0 Å². The number of aliphatic hydroxyl groups excluding tert-OH is 1. The monoisotopic (exact) mass is 242 g/mol. The predicted octanol–water partition coefficient (Wildman–Crippen LogP) is -2.18. The number of carboxylic acids is 1. The molecule has 0 saturated heterocycles. The van der Waals surface area contributed by atoms with Gasteiger partial charge in [-0.3, -0.25) is 0 Å².